The molecule has 0 aliphatic carbocycles. The van der Waals surface area contributed by atoms with Crippen LogP contribution in [0.4, 0.5) is 10.1 Å². The van der Waals surface area contributed by atoms with Crippen LogP contribution in [0.1, 0.15) is 17.2 Å². The third-order valence-electron chi connectivity index (χ3n) is 3.05. The quantitative estimate of drug-likeness (QED) is 0.838. The van der Waals surface area contributed by atoms with Gasteiger partial charge in [0.15, 0.2) is 11.6 Å². The zero-order valence-corrected chi connectivity index (χ0v) is 12.5. The van der Waals surface area contributed by atoms with E-state index in [1.54, 1.807) is 30.3 Å². The van der Waals surface area contributed by atoms with Gasteiger partial charge in [0.05, 0.1) is 13.2 Å². The zero-order chi connectivity index (χ0) is 14.7. The van der Waals surface area contributed by atoms with E-state index in [0.29, 0.717) is 16.8 Å². The van der Waals surface area contributed by atoms with Crippen LogP contribution < -0.4 is 10.5 Å². The van der Waals surface area contributed by atoms with Crippen LogP contribution in [0, 0.1) is 5.82 Å². The summed E-state index contributed by atoms with van der Waals surface area (Å²) in [4.78, 5) is 0. The number of rotatable bonds is 4. The summed E-state index contributed by atoms with van der Waals surface area (Å²) in [6.07, 6.45) is -0.512. The van der Waals surface area contributed by atoms with Crippen molar-refractivity contribution in [3.8, 4) is 5.75 Å². The first-order chi connectivity index (χ1) is 9.51. The highest BCUT2D eigenvalue weighted by Gasteiger charge is 2.14. The Hall–Kier alpha value is -1.59. The van der Waals surface area contributed by atoms with Crippen molar-refractivity contribution >= 4 is 21.6 Å². The van der Waals surface area contributed by atoms with Crippen LogP contribution in [0.2, 0.25) is 0 Å². The van der Waals surface area contributed by atoms with E-state index in [1.165, 1.54) is 13.2 Å². The van der Waals surface area contributed by atoms with Gasteiger partial charge in [-0.25, -0.2) is 4.39 Å². The lowest BCUT2D eigenvalue weighted by Gasteiger charge is -2.14. The Morgan fingerprint density at radius 2 is 2.05 bits per heavy atom. The molecule has 0 radical (unpaired) electrons. The average Bonchev–Trinajstić information content (AvgIpc) is 2.41. The molecule has 0 aromatic heterocycles. The third-order valence-corrected chi connectivity index (χ3v) is 3.55. The van der Waals surface area contributed by atoms with Crippen molar-refractivity contribution in [2.24, 2.45) is 0 Å². The normalized spacial score (nSPS) is 12.2. The Morgan fingerprint density at radius 3 is 2.70 bits per heavy atom. The van der Waals surface area contributed by atoms with Gasteiger partial charge in [-0.05, 0) is 35.9 Å². The molecule has 0 aliphatic rings. The van der Waals surface area contributed by atoms with Crippen LogP contribution in [0.15, 0.2) is 40.9 Å². The van der Waals surface area contributed by atoms with Crippen LogP contribution in [0.3, 0.4) is 0 Å². The average molecular weight is 340 g/mol. The number of nitrogens with two attached hydrogens (primary N) is 1. The first-order valence-electron chi connectivity index (χ1n) is 6.06. The summed E-state index contributed by atoms with van der Waals surface area (Å²) in [5.41, 5.74) is 7.65. The van der Waals surface area contributed by atoms with Crippen molar-refractivity contribution < 1.29 is 14.2 Å². The van der Waals surface area contributed by atoms with Crippen molar-refractivity contribution in [2.75, 3.05) is 12.8 Å². The molecule has 3 N–H and O–H groups in total. The maximum absolute atomic E-state index is 13.6. The van der Waals surface area contributed by atoms with E-state index in [1.807, 2.05) is 0 Å². The number of nitrogen functional groups attached to an aromatic ring is 1. The number of halogens is 2. The molecule has 0 bridgehead atoms. The smallest absolute Gasteiger partial charge is 0.165 e. The predicted octanol–water partition coefficient (Wildman–Crippen LogP) is 3.46. The summed E-state index contributed by atoms with van der Waals surface area (Å²) in [6.45, 7) is 0. The van der Waals surface area contributed by atoms with E-state index in [9.17, 15) is 9.50 Å². The molecule has 0 saturated carbocycles. The summed E-state index contributed by atoms with van der Waals surface area (Å²) in [6, 6.07) is 9.91. The number of ether oxygens (including phenoxy) is 1. The van der Waals surface area contributed by atoms with E-state index in [0.717, 1.165) is 4.47 Å². The summed E-state index contributed by atoms with van der Waals surface area (Å²) < 4.78 is 19.3. The van der Waals surface area contributed by atoms with Gasteiger partial charge in [0, 0.05) is 22.1 Å². The van der Waals surface area contributed by atoms with Crippen LogP contribution >= 0.6 is 15.9 Å². The summed E-state index contributed by atoms with van der Waals surface area (Å²) >= 11 is 3.34. The van der Waals surface area contributed by atoms with Gasteiger partial charge in [-0.1, -0.05) is 22.0 Å². The fourth-order valence-electron chi connectivity index (χ4n) is 2.00. The zero-order valence-electron chi connectivity index (χ0n) is 10.9. The first-order valence-corrected chi connectivity index (χ1v) is 6.86. The largest absolute Gasteiger partial charge is 0.494 e. The molecule has 1 atom stereocenters. The Bertz CT molecular complexity index is 619. The number of anilines is 1. The molecule has 1 unspecified atom stereocenters. The molecule has 106 valence electrons. The molecule has 0 heterocycles. The van der Waals surface area contributed by atoms with Crippen molar-refractivity contribution in [3.63, 3.8) is 0 Å². The van der Waals surface area contributed by atoms with Crippen LogP contribution in [-0.4, -0.2) is 12.2 Å². The second kappa shape index (κ2) is 6.24. The molecule has 2 rings (SSSR count). The lowest BCUT2D eigenvalue weighted by molar-refractivity contribution is 0.179. The van der Waals surface area contributed by atoms with Gasteiger partial charge in [-0.15, -0.1) is 0 Å². The van der Waals surface area contributed by atoms with Gasteiger partial charge in [-0.2, -0.15) is 0 Å². The van der Waals surface area contributed by atoms with Gasteiger partial charge in [0.2, 0.25) is 0 Å². The molecular weight excluding hydrogens is 325 g/mol. The summed E-state index contributed by atoms with van der Waals surface area (Å²) in [5, 5.41) is 10.2. The molecular formula is C15H15BrFNO2. The molecule has 20 heavy (non-hydrogen) atoms. The highest BCUT2D eigenvalue weighted by molar-refractivity contribution is 9.10. The van der Waals surface area contributed by atoms with Crippen LogP contribution in [0.5, 0.6) is 5.75 Å². The Balaban J connectivity index is 2.21. The minimum Gasteiger partial charge on any atom is -0.494 e. The van der Waals surface area contributed by atoms with E-state index >= 15 is 0 Å². The molecule has 2 aromatic rings. The second-order valence-corrected chi connectivity index (χ2v) is 5.38. The number of methoxy groups -OCH3 is 1. The minimum absolute atomic E-state index is 0.185. The topological polar surface area (TPSA) is 55.5 Å². The highest BCUT2D eigenvalue weighted by atomic mass is 79.9. The Morgan fingerprint density at radius 1 is 1.30 bits per heavy atom. The van der Waals surface area contributed by atoms with Crippen LogP contribution in [0.25, 0.3) is 0 Å². The minimum atomic E-state index is -0.791. The maximum atomic E-state index is 13.6. The predicted molar refractivity (Wildman–Crippen MR) is 80.2 cm³/mol. The molecule has 0 spiro atoms. The van der Waals surface area contributed by atoms with Crippen molar-refractivity contribution in [1.82, 2.24) is 0 Å². The lowest BCUT2D eigenvalue weighted by atomic mass is 10.00. The number of aliphatic hydroxyl groups excluding tert-OH is 1. The van der Waals surface area contributed by atoms with E-state index in [-0.39, 0.29) is 12.2 Å². The van der Waals surface area contributed by atoms with Crippen molar-refractivity contribution in [3.05, 3.63) is 57.8 Å². The number of aliphatic hydroxyl groups is 1. The van der Waals surface area contributed by atoms with Gasteiger partial charge in [0.1, 0.15) is 0 Å². The van der Waals surface area contributed by atoms with E-state index in [4.69, 9.17) is 10.5 Å². The van der Waals surface area contributed by atoms with Gasteiger partial charge in [-0.3, -0.25) is 0 Å². The molecule has 2 aromatic carbocycles. The maximum Gasteiger partial charge on any atom is 0.165 e. The van der Waals surface area contributed by atoms with Crippen molar-refractivity contribution in [2.45, 2.75) is 12.5 Å². The molecule has 5 heteroatoms. The number of hydrogen-bond acceptors (Lipinski definition) is 3. The first kappa shape index (κ1) is 14.8. The summed E-state index contributed by atoms with van der Waals surface area (Å²) in [7, 11) is 1.41. The standard InChI is InChI=1S/C15H15BrFNO2/c1-20-15-5-2-9(6-12(15)17)7-14(19)11-8-10(16)3-4-13(11)18/h2-6,8,14,19H,7,18H2,1H3. The second-order valence-electron chi connectivity index (χ2n) is 4.46. The van der Waals surface area contributed by atoms with Crippen molar-refractivity contribution in [1.29, 1.82) is 0 Å². The lowest BCUT2D eigenvalue weighted by Crippen LogP contribution is -2.06. The Kier molecular flexibility index (Phi) is 4.62. The SMILES string of the molecule is COc1ccc(CC(O)c2cc(Br)ccc2N)cc1F. The third kappa shape index (κ3) is 3.29. The molecule has 0 aliphatic heterocycles. The van der Waals surface area contributed by atoms with Gasteiger partial charge < -0.3 is 15.6 Å². The van der Waals surface area contributed by atoms with Gasteiger partial charge in [0.25, 0.3) is 0 Å². The monoisotopic (exact) mass is 339 g/mol. The summed E-state index contributed by atoms with van der Waals surface area (Å²) in [5.74, 6) is -0.260. The molecule has 3 nitrogen and oxygen atoms in total. The molecule has 0 saturated heterocycles. The number of benzene rings is 2. The van der Waals surface area contributed by atoms with Gasteiger partial charge >= 0.3 is 0 Å². The van der Waals surface area contributed by atoms with E-state index < -0.39 is 11.9 Å². The molecule has 0 fully saturated rings. The van der Waals surface area contributed by atoms with Crippen LogP contribution in [-0.2, 0) is 6.42 Å². The highest BCUT2D eigenvalue weighted by Crippen LogP contribution is 2.28. The fraction of sp³-hybridized carbons (Fsp3) is 0.200. The fourth-order valence-corrected chi connectivity index (χ4v) is 2.38. The number of hydrogen-bond donors (Lipinski definition) is 2. The Labute approximate surface area is 125 Å². The van der Waals surface area contributed by atoms with E-state index in [2.05, 4.69) is 15.9 Å². The molecule has 0 amide bonds.